The topological polar surface area (TPSA) is 86.8 Å². The second kappa shape index (κ2) is 14.3. The van der Waals surface area contributed by atoms with Gasteiger partial charge in [0, 0.05) is 27.7 Å². The van der Waals surface area contributed by atoms with E-state index in [4.69, 9.17) is 34.8 Å². The van der Waals surface area contributed by atoms with Crippen molar-refractivity contribution >= 4 is 62.3 Å². The summed E-state index contributed by atoms with van der Waals surface area (Å²) in [4.78, 5) is 29.0. The fourth-order valence-electron chi connectivity index (χ4n) is 5.09. The SMILES string of the molecule is Cc1ccc(S(=O)(=O)N(CC(=O)N(Cc2ccc(Cl)cc2Cl)C(C)C(=O)NC2CCCCC2)c2ccc(C)c(Cl)c2)cc1. The van der Waals surface area contributed by atoms with E-state index in [1.807, 2.05) is 6.92 Å². The molecule has 1 N–H and O–H groups in total. The number of anilines is 1. The highest BCUT2D eigenvalue weighted by Crippen LogP contribution is 2.29. The van der Waals surface area contributed by atoms with Gasteiger partial charge in [0.05, 0.1) is 10.6 Å². The minimum Gasteiger partial charge on any atom is -0.352 e. The first-order chi connectivity index (χ1) is 20.4. The zero-order chi connectivity index (χ0) is 31.3. The third-order valence-corrected chi connectivity index (χ3v) is 10.6. The van der Waals surface area contributed by atoms with Crippen molar-refractivity contribution in [1.82, 2.24) is 10.2 Å². The fourth-order valence-corrected chi connectivity index (χ4v) is 7.14. The van der Waals surface area contributed by atoms with Crippen LogP contribution in [0.25, 0.3) is 0 Å². The van der Waals surface area contributed by atoms with Crippen molar-refractivity contribution in [3.05, 3.63) is 92.4 Å². The maximum absolute atomic E-state index is 14.2. The van der Waals surface area contributed by atoms with Crippen molar-refractivity contribution in [1.29, 1.82) is 0 Å². The van der Waals surface area contributed by atoms with E-state index in [1.54, 1.807) is 56.3 Å². The summed E-state index contributed by atoms with van der Waals surface area (Å²) in [7, 11) is -4.20. The lowest BCUT2D eigenvalue weighted by molar-refractivity contribution is -0.139. The number of benzene rings is 3. The van der Waals surface area contributed by atoms with Crippen molar-refractivity contribution < 1.29 is 18.0 Å². The lowest BCUT2D eigenvalue weighted by Gasteiger charge is -2.33. The van der Waals surface area contributed by atoms with Crippen LogP contribution in [0, 0.1) is 13.8 Å². The minimum absolute atomic E-state index is 0.0259. The highest BCUT2D eigenvalue weighted by molar-refractivity contribution is 7.92. The summed E-state index contributed by atoms with van der Waals surface area (Å²) in [5, 5.41) is 4.21. The monoisotopic (exact) mass is 663 g/mol. The first-order valence-corrected chi connectivity index (χ1v) is 16.8. The molecule has 0 saturated heterocycles. The smallest absolute Gasteiger partial charge is 0.264 e. The van der Waals surface area contributed by atoms with E-state index >= 15 is 0 Å². The quantitative estimate of drug-likeness (QED) is 0.246. The Balaban J connectivity index is 1.71. The molecule has 7 nitrogen and oxygen atoms in total. The number of aryl methyl sites for hydroxylation is 2. The summed E-state index contributed by atoms with van der Waals surface area (Å²) in [6, 6.07) is 15.3. The normalized spacial score (nSPS) is 14.7. The first-order valence-electron chi connectivity index (χ1n) is 14.3. The number of amides is 2. The van der Waals surface area contributed by atoms with Crippen LogP contribution in [0.3, 0.4) is 0 Å². The predicted octanol–water partition coefficient (Wildman–Crippen LogP) is 7.33. The number of nitrogens with one attached hydrogen (secondary N) is 1. The second-order valence-corrected chi connectivity index (χ2v) is 14.1. The van der Waals surface area contributed by atoms with Gasteiger partial charge >= 0.3 is 0 Å². The second-order valence-electron chi connectivity index (χ2n) is 11.0. The maximum Gasteiger partial charge on any atom is 0.264 e. The van der Waals surface area contributed by atoms with Crippen LogP contribution in [-0.2, 0) is 26.2 Å². The average molecular weight is 665 g/mol. The highest BCUT2D eigenvalue weighted by Gasteiger charge is 2.33. The number of rotatable bonds is 10. The van der Waals surface area contributed by atoms with E-state index < -0.39 is 28.5 Å². The molecule has 1 aliphatic rings. The first kappa shape index (κ1) is 33.1. The number of halogens is 3. The molecule has 11 heteroatoms. The van der Waals surface area contributed by atoms with Gasteiger partial charge in [-0.05, 0) is 81.1 Å². The van der Waals surface area contributed by atoms with Crippen LogP contribution in [0.4, 0.5) is 5.69 Å². The summed E-state index contributed by atoms with van der Waals surface area (Å²) >= 11 is 19.0. The number of carbonyl (C=O) groups excluding carboxylic acids is 2. The third kappa shape index (κ3) is 8.24. The molecule has 1 aliphatic carbocycles. The van der Waals surface area contributed by atoms with Crippen molar-refractivity contribution in [2.45, 2.75) is 76.4 Å². The van der Waals surface area contributed by atoms with Crippen LogP contribution in [0.2, 0.25) is 15.1 Å². The number of nitrogens with zero attached hydrogens (tertiary/aromatic N) is 2. The molecule has 0 heterocycles. The van der Waals surface area contributed by atoms with E-state index in [0.29, 0.717) is 20.6 Å². The van der Waals surface area contributed by atoms with Crippen LogP contribution in [0.5, 0.6) is 0 Å². The number of hydrogen-bond acceptors (Lipinski definition) is 4. The molecule has 0 bridgehead atoms. The van der Waals surface area contributed by atoms with Crippen molar-refractivity contribution in [3.8, 4) is 0 Å². The van der Waals surface area contributed by atoms with Gasteiger partial charge in [-0.3, -0.25) is 13.9 Å². The molecule has 1 fully saturated rings. The summed E-state index contributed by atoms with van der Waals surface area (Å²) in [5.74, 6) is -0.888. The average Bonchev–Trinajstić information content (AvgIpc) is 2.97. The van der Waals surface area contributed by atoms with Crippen molar-refractivity contribution in [3.63, 3.8) is 0 Å². The molecule has 230 valence electrons. The van der Waals surface area contributed by atoms with Gasteiger partial charge in [-0.15, -0.1) is 0 Å². The molecule has 2 amide bonds. The van der Waals surface area contributed by atoms with Crippen molar-refractivity contribution in [2.24, 2.45) is 0 Å². The van der Waals surface area contributed by atoms with Gasteiger partial charge < -0.3 is 10.2 Å². The summed E-state index contributed by atoms with van der Waals surface area (Å²) in [5.41, 5.74) is 2.46. The van der Waals surface area contributed by atoms with E-state index in [0.717, 1.165) is 47.5 Å². The minimum atomic E-state index is -4.20. The van der Waals surface area contributed by atoms with E-state index in [-0.39, 0.29) is 29.1 Å². The molecule has 0 aromatic heterocycles. The molecule has 1 atom stereocenters. The van der Waals surface area contributed by atoms with Crippen LogP contribution >= 0.6 is 34.8 Å². The van der Waals surface area contributed by atoms with Gasteiger partial charge in [-0.1, -0.05) is 83.9 Å². The standard InChI is InChI=1S/C32H36Cl3N3O4S/c1-21-9-15-28(16-10-21)43(41,42)38(27-14-11-22(2)29(34)18-27)20-31(39)37(19-24-12-13-25(33)17-30(24)35)23(3)32(40)36-26-7-5-4-6-8-26/h9-18,23,26H,4-8,19-20H2,1-3H3,(H,36,40). The van der Waals surface area contributed by atoms with Crippen LogP contribution in [-0.4, -0.2) is 43.8 Å². The van der Waals surface area contributed by atoms with Gasteiger partial charge in [0.15, 0.2) is 0 Å². The number of carbonyl (C=O) groups is 2. The Morgan fingerprint density at radius 1 is 0.907 bits per heavy atom. The maximum atomic E-state index is 14.2. The zero-order valence-corrected chi connectivity index (χ0v) is 27.5. The molecule has 0 spiro atoms. The van der Waals surface area contributed by atoms with Crippen LogP contribution in [0.15, 0.2) is 65.6 Å². The Morgan fingerprint density at radius 2 is 1.58 bits per heavy atom. The summed E-state index contributed by atoms with van der Waals surface area (Å²) in [6.07, 6.45) is 4.97. The van der Waals surface area contributed by atoms with Gasteiger partial charge in [0.25, 0.3) is 10.0 Å². The molecular weight excluding hydrogens is 629 g/mol. The number of hydrogen-bond donors (Lipinski definition) is 1. The summed E-state index contributed by atoms with van der Waals surface area (Å²) < 4.78 is 29.1. The van der Waals surface area contributed by atoms with Crippen LogP contribution < -0.4 is 9.62 Å². The zero-order valence-electron chi connectivity index (χ0n) is 24.4. The van der Waals surface area contributed by atoms with Crippen LogP contribution in [0.1, 0.15) is 55.7 Å². The van der Waals surface area contributed by atoms with Gasteiger partial charge in [0.1, 0.15) is 12.6 Å². The Labute approximate surface area is 269 Å². The molecule has 0 radical (unpaired) electrons. The van der Waals surface area contributed by atoms with E-state index in [1.165, 1.54) is 23.1 Å². The molecule has 1 unspecified atom stereocenters. The van der Waals surface area contributed by atoms with Gasteiger partial charge in [0.2, 0.25) is 11.8 Å². The molecular formula is C32H36Cl3N3O4S. The van der Waals surface area contributed by atoms with E-state index in [9.17, 15) is 18.0 Å². The molecule has 43 heavy (non-hydrogen) atoms. The Hall–Kier alpha value is -2.78. The molecule has 1 saturated carbocycles. The molecule has 3 aromatic carbocycles. The van der Waals surface area contributed by atoms with Crippen molar-refractivity contribution in [2.75, 3.05) is 10.8 Å². The third-order valence-electron chi connectivity index (χ3n) is 7.81. The Morgan fingerprint density at radius 3 is 2.21 bits per heavy atom. The van der Waals surface area contributed by atoms with Gasteiger partial charge in [-0.2, -0.15) is 0 Å². The largest absolute Gasteiger partial charge is 0.352 e. The number of sulfonamides is 1. The molecule has 3 aromatic rings. The van der Waals surface area contributed by atoms with E-state index in [2.05, 4.69) is 5.32 Å². The Kier molecular flexibility index (Phi) is 11.0. The molecule has 4 rings (SSSR count). The predicted molar refractivity (Wildman–Crippen MR) is 173 cm³/mol. The molecule has 0 aliphatic heterocycles. The lowest BCUT2D eigenvalue weighted by Crippen LogP contribution is -2.53. The Bertz CT molecular complexity index is 1580. The fraction of sp³-hybridized carbons (Fsp3) is 0.375. The lowest BCUT2D eigenvalue weighted by atomic mass is 9.95. The highest BCUT2D eigenvalue weighted by atomic mass is 35.5. The van der Waals surface area contributed by atoms with Gasteiger partial charge in [-0.25, -0.2) is 8.42 Å². The summed E-state index contributed by atoms with van der Waals surface area (Å²) in [6.45, 7) is 4.71.